The first-order valence-electron chi connectivity index (χ1n) is 6.45. The monoisotopic (exact) mass is 316 g/mol. The molecule has 0 aromatic heterocycles. The fourth-order valence-corrected chi connectivity index (χ4v) is 2.87. The molecule has 1 aliphatic heterocycles. The number of hydrogen-bond donors (Lipinski definition) is 0. The number of methoxy groups -OCH3 is 1. The summed E-state index contributed by atoms with van der Waals surface area (Å²) in [6.45, 7) is 1.61. The van der Waals surface area contributed by atoms with Gasteiger partial charge in [0, 0.05) is 31.6 Å². The minimum atomic E-state index is -4.41. The number of likely N-dealkylation sites (tertiary alicyclic amines) is 1. The van der Waals surface area contributed by atoms with Gasteiger partial charge in [0.2, 0.25) is 0 Å². The largest absolute Gasteiger partial charge is 0.416 e. The highest BCUT2D eigenvalue weighted by molar-refractivity contribution is 8.03. The summed E-state index contributed by atoms with van der Waals surface area (Å²) in [5.74, 6) is 0. The topological polar surface area (TPSA) is 36.3 Å². The average Bonchev–Trinajstić information content (AvgIpc) is 2.87. The molecular formula is C14H15F3N2OS. The van der Waals surface area contributed by atoms with E-state index in [0.29, 0.717) is 11.4 Å². The highest BCUT2D eigenvalue weighted by Crippen LogP contribution is 2.35. The van der Waals surface area contributed by atoms with E-state index in [2.05, 4.69) is 0 Å². The van der Waals surface area contributed by atoms with Gasteiger partial charge < -0.3 is 4.74 Å². The molecule has 1 heterocycles. The van der Waals surface area contributed by atoms with Gasteiger partial charge >= 0.3 is 6.18 Å². The molecule has 1 aromatic carbocycles. The van der Waals surface area contributed by atoms with Crippen LogP contribution in [-0.4, -0.2) is 31.2 Å². The van der Waals surface area contributed by atoms with Crippen molar-refractivity contribution in [3.8, 4) is 5.40 Å². The molecule has 1 fully saturated rings. The van der Waals surface area contributed by atoms with Gasteiger partial charge in [-0.15, -0.1) is 0 Å². The summed E-state index contributed by atoms with van der Waals surface area (Å²) in [7, 11) is 1.61. The van der Waals surface area contributed by atoms with E-state index in [9.17, 15) is 13.2 Å². The van der Waals surface area contributed by atoms with Crippen LogP contribution in [0.3, 0.4) is 0 Å². The Bertz CT molecular complexity index is 542. The van der Waals surface area contributed by atoms with Crippen LogP contribution < -0.4 is 0 Å². The van der Waals surface area contributed by atoms with Crippen molar-refractivity contribution in [2.45, 2.75) is 30.1 Å². The number of halogens is 3. The number of rotatable bonds is 4. The number of nitrogens with zero attached hydrogens (tertiary/aromatic N) is 2. The molecule has 7 heteroatoms. The number of hydrogen-bond acceptors (Lipinski definition) is 4. The maximum Gasteiger partial charge on any atom is 0.416 e. The number of ether oxygens (including phenoxy) is 1. The second kappa shape index (κ2) is 6.69. The van der Waals surface area contributed by atoms with Gasteiger partial charge in [0.05, 0.1) is 11.7 Å². The number of alkyl halides is 3. The maximum absolute atomic E-state index is 13.2. The molecule has 1 aliphatic rings. The summed E-state index contributed by atoms with van der Waals surface area (Å²) < 4.78 is 44.7. The smallest absolute Gasteiger partial charge is 0.380 e. The summed E-state index contributed by atoms with van der Waals surface area (Å²) in [6.07, 6.45) is -3.49. The predicted octanol–water partition coefficient (Wildman–Crippen LogP) is 3.50. The number of benzene rings is 1. The summed E-state index contributed by atoms with van der Waals surface area (Å²) in [5.41, 5.74) is -0.426. The Morgan fingerprint density at radius 2 is 2.24 bits per heavy atom. The second-order valence-corrected chi connectivity index (χ2v) is 5.75. The molecular weight excluding hydrogens is 301 g/mol. The molecule has 0 amide bonds. The van der Waals surface area contributed by atoms with Gasteiger partial charge in [0.25, 0.3) is 0 Å². The van der Waals surface area contributed by atoms with Crippen LogP contribution in [0.1, 0.15) is 17.5 Å². The Hall–Kier alpha value is -1.23. The third-order valence-corrected chi connectivity index (χ3v) is 4.09. The number of nitriles is 1. The predicted molar refractivity (Wildman–Crippen MR) is 73.6 cm³/mol. The van der Waals surface area contributed by atoms with Crippen LogP contribution in [0.25, 0.3) is 0 Å². The van der Waals surface area contributed by atoms with Gasteiger partial charge in [-0.05, 0) is 35.9 Å². The quantitative estimate of drug-likeness (QED) is 0.629. The third kappa shape index (κ3) is 4.13. The van der Waals surface area contributed by atoms with Gasteiger partial charge in [0.1, 0.15) is 5.40 Å². The van der Waals surface area contributed by atoms with E-state index in [-0.39, 0.29) is 18.2 Å². The molecule has 2 rings (SSSR count). The van der Waals surface area contributed by atoms with Crippen molar-refractivity contribution in [1.29, 1.82) is 5.26 Å². The zero-order valence-electron chi connectivity index (χ0n) is 11.5. The van der Waals surface area contributed by atoms with Crippen LogP contribution in [0.15, 0.2) is 23.1 Å². The molecule has 0 bridgehead atoms. The Kier molecular flexibility index (Phi) is 5.14. The van der Waals surface area contributed by atoms with Crippen LogP contribution in [0.5, 0.6) is 0 Å². The molecule has 0 saturated carbocycles. The zero-order chi connectivity index (χ0) is 15.5. The highest BCUT2D eigenvalue weighted by atomic mass is 32.2. The molecule has 3 nitrogen and oxygen atoms in total. The molecule has 1 atom stereocenters. The van der Waals surface area contributed by atoms with Gasteiger partial charge in [-0.3, -0.25) is 4.90 Å². The lowest BCUT2D eigenvalue weighted by Crippen LogP contribution is -2.24. The highest BCUT2D eigenvalue weighted by Gasteiger charge is 2.34. The Morgan fingerprint density at radius 3 is 2.81 bits per heavy atom. The minimum absolute atomic E-state index is 0.0905. The van der Waals surface area contributed by atoms with Crippen molar-refractivity contribution >= 4 is 11.8 Å². The normalized spacial score (nSPS) is 19.7. The van der Waals surface area contributed by atoms with E-state index < -0.39 is 11.7 Å². The molecule has 0 N–H and O–H groups in total. The Morgan fingerprint density at radius 1 is 1.48 bits per heavy atom. The summed E-state index contributed by atoms with van der Waals surface area (Å²) in [4.78, 5) is 2.26. The van der Waals surface area contributed by atoms with Crippen molar-refractivity contribution in [1.82, 2.24) is 4.90 Å². The fourth-order valence-electron chi connectivity index (χ4n) is 2.45. The summed E-state index contributed by atoms with van der Waals surface area (Å²) >= 11 is 0.733. The molecule has 0 radical (unpaired) electrons. The standard InChI is InChI=1S/C14H15F3N2OS/c1-20-11-4-5-19(8-11)7-10-2-3-12(21-9-18)6-13(10)14(15,16)17/h2-3,6,11H,4-5,7-8H2,1H3/t11-/m0/s1. The van der Waals surface area contributed by atoms with Crippen LogP contribution in [0, 0.1) is 10.7 Å². The molecule has 114 valence electrons. The van der Waals surface area contributed by atoms with Crippen LogP contribution in [0.4, 0.5) is 13.2 Å². The van der Waals surface area contributed by atoms with E-state index in [4.69, 9.17) is 10.00 Å². The lowest BCUT2D eigenvalue weighted by Gasteiger charge is -2.19. The molecule has 0 spiro atoms. The minimum Gasteiger partial charge on any atom is -0.380 e. The van der Waals surface area contributed by atoms with Crippen LogP contribution >= 0.6 is 11.8 Å². The lowest BCUT2D eigenvalue weighted by molar-refractivity contribution is -0.138. The number of thioether (sulfide) groups is 1. The lowest BCUT2D eigenvalue weighted by atomic mass is 10.1. The van der Waals surface area contributed by atoms with E-state index >= 15 is 0 Å². The summed E-state index contributed by atoms with van der Waals surface area (Å²) in [5, 5.41) is 10.4. The fraction of sp³-hybridized carbons (Fsp3) is 0.500. The zero-order valence-corrected chi connectivity index (χ0v) is 12.3. The van der Waals surface area contributed by atoms with Gasteiger partial charge in [-0.2, -0.15) is 18.4 Å². The Labute approximate surface area is 125 Å². The average molecular weight is 316 g/mol. The molecule has 1 aromatic rings. The molecule has 0 unspecified atom stereocenters. The molecule has 21 heavy (non-hydrogen) atoms. The SMILES string of the molecule is CO[C@H]1CCN(Cc2ccc(SC#N)cc2C(F)(F)F)C1. The van der Waals surface area contributed by atoms with Crippen molar-refractivity contribution in [2.75, 3.05) is 20.2 Å². The first-order valence-corrected chi connectivity index (χ1v) is 7.27. The van der Waals surface area contributed by atoms with Crippen molar-refractivity contribution < 1.29 is 17.9 Å². The van der Waals surface area contributed by atoms with Crippen molar-refractivity contribution in [3.63, 3.8) is 0 Å². The van der Waals surface area contributed by atoms with Gasteiger partial charge in [-0.25, -0.2) is 0 Å². The maximum atomic E-state index is 13.2. The molecule has 0 aliphatic carbocycles. The van der Waals surface area contributed by atoms with E-state index in [1.807, 2.05) is 4.90 Å². The Balaban J connectivity index is 2.20. The van der Waals surface area contributed by atoms with Crippen LogP contribution in [0.2, 0.25) is 0 Å². The van der Waals surface area contributed by atoms with Gasteiger partial charge in [-0.1, -0.05) is 6.07 Å². The van der Waals surface area contributed by atoms with E-state index in [1.54, 1.807) is 18.6 Å². The third-order valence-electron chi connectivity index (χ3n) is 3.51. The molecule has 1 saturated heterocycles. The first kappa shape index (κ1) is 16.1. The van der Waals surface area contributed by atoms with Crippen LogP contribution in [-0.2, 0) is 17.5 Å². The first-order chi connectivity index (χ1) is 9.94. The van der Waals surface area contributed by atoms with E-state index in [1.165, 1.54) is 6.07 Å². The van der Waals surface area contributed by atoms with Crippen molar-refractivity contribution in [2.24, 2.45) is 0 Å². The number of thiocyanates is 1. The van der Waals surface area contributed by atoms with E-state index in [0.717, 1.165) is 30.8 Å². The summed E-state index contributed by atoms with van der Waals surface area (Å²) in [6, 6.07) is 4.07. The van der Waals surface area contributed by atoms with Crippen molar-refractivity contribution in [3.05, 3.63) is 29.3 Å². The second-order valence-electron chi connectivity index (χ2n) is 4.89. The van der Waals surface area contributed by atoms with Gasteiger partial charge in [0.15, 0.2) is 0 Å².